The monoisotopic (exact) mass is 451 g/mol. The number of carbonyl (C=O) groups is 1. The summed E-state index contributed by atoms with van der Waals surface area (Å²) < 4.78 is 27.1. The van der Waals surface area contributed by atoms with Gasteiger partial charge in [-0.05, 0) is 68.1 Å². The van der Waals surface area contributed by atoms with Crippen LogP contribution in [-0.4, -0.2) is 39.0 Å². The van der Waals surface area contributed by atoms with Crippen molar-refractivity contribution in [1.82, 2.24) is 20.2 Å². The van der Waals surface area contributed by atoms with Gasteiger partial charge in [0.25, 0.3) is 5.92 Å². The highest BCUT2D eigenvalue weighted by Crippen LogP contribution is 2.66. The Morgan fingerprint density at radius 3 is 2.76 bits per heavy atom. The largest absolute Gasteiger partial charge is 0.337 e. The third-order valence-electron chi connectivity index (χ3n) is 9.03. The molecule has 3 fully saturated rings. The third kappa shape index (κ3) is 2.66. The number of amides is 1. The van der Waals surface area contributed by atoms with Crippen molar-refractivity contribution in [2.75, 3.05) is 11.9 Å². The van der Waals surface area contributed by atoms with E-state index in [0.29, 0.717) is 18.3 Å². The van der Waals surface area contributed by atoms with Crippen molar-refractivity contribution in [1.29, 1.82) is 0 Å². The van der Waals surface area contributed by atoms with E-state index in [9.17, 15) is 13.6 Å². The van der Waals surface area contributed by atoms with Gasteiger partial charge in [-0.15, -0.1) is 0 Å². The van der Waals surface area contributed by atoms with Crippen molar-refractivity contribution in [3.63, 3.8) is 0 Å². The lowest BCUT2D eigenvalue weighted by atomic mass is 9.88. The summed E-state index contributed by atoms with van der Waals surface area (Å²) in [6.45, 7) is 4.31. The molecule has 5 atom stereocenters. The second-order valence-electron chi connectivity index (χ2n) is 11.2. The first-order chi connectivity index (χ1) is 15.7. The lowest BCUT2D eigenvalue weighted by Gasteiger charge is -2.24. The number of nitrogens with one attached hydrogen (secondary N) is 2. The van der Waals surface area contributed by atoms with Crippen LogP contribution in [0.3, 0.4) is 0 Å². The van der Waals surface area contributed by atoms with Crippen molar-refractivity contribution in [3.05, 3.63) is 29.0 Å². The smallest absolute Gasteiger partial charge is 0.254 e. The van der Waals surface area contributed by atoms with Crippen LogP contribution in [-0.2, 0) is 17.6 Å². The van der Waals surface area contributed by atoms with Gasteiger partial charge in [-0.3, -0.25) is 9.89 Å². The van der Waals surface area contributed by atoms with Crippen LogP contribution < -0.4 is 4.90 Å². The molecular weight excluding hydrogens is 424 g/mol. The molecule has 0 saturated heterocycles. The summed E-state index contributed by atoms with van der Waals surface area (Å²) in [4.78, 5) is 22.9. The molecular formula is C25H27F2N5O. The zero-order chi connectivity index (χ0) is 22.9. The van der Waals surface area contributed by atoms with E-state index in [1.807, 2.05) is 19.1 Å². The van der Waals surface area contributed by atoms with Gasteiger partial charge >= 0.3 is 0 Å². The highest BCUT2D eigenvalue weighted by molar-refractivity contribution is 5.98. The van der Waals surface area contributed by atoms with Crippen LogP contribution in [0, 0.1) is 36.0 Å². The van der Waals surface area contributed by atoms with E-state index in [0.717, 1.165) is 52.6 Å². The van der Waals surface area contributed by atoms with Crippen molar-refractivity contribution in [3.8, 4) is 11.5 Å². The van der Waals surface area contributed by atoms with Crippen molar-refractivity contribution in [2.24, 2.45) is 29.1 Å². The van der Waals surface area contributed by atoms with Gasteiger partial charge in [0.05, 0.1) is 11.0 Å². The van der Waals surface area contributed by atoms with E-state index in [-0.39, 0.29) is 11.8 Å². The number of carbonyl (C=O) groups excluding carboxylic acids is 1. The topological polar surface area (TPSA) is 77.7 Å². The summed E-state index contributed by atoms with van der Waals surface area (Å²) in [6.07, 6.45) is 3.94. The van der Waals surface area contributed by atoms with E-state index in [1.165, 1.54) is 17.7 Å². The number of benzene rings is 1. The zero-order valence-corrected chi connectivity index (χ0v) is 19.0. The molecule has 1 amide bonds. The maximum absolute atomic E-state index is 13.6. The number of halogens is 2. The normalized spacial score (nSPS) is 32.9. The Balaban J connectivity index is 1.18. The molecule has 4 aliphatic carbocycles. The Bertz CT molecular complexity index is 1330. The van der Waals surface area contributed by atoms with Crippen molar-refractivity contribution in [2.45, 2.75) is 51.9 Å². The molecule has 6 nitrogen and oxygen atoms in total. The highest BCUT2D eigenvalue weighted by atomic mass is 19.3. The molecule has 4 aliphatic rings. The molecule has 0 radical (unpaired) electrons. The van der Waals surface area contributed by atoms with Gasteiger partial charge in [0.15, 0.2) is 5.82 Å². The number of hydrogen-bond acceptors (Lipinski definition) is 3. The third-order valence-corrected chi connectivity index (χ3v) is 9.03. The van der Waals surface area contributed by atoms with Gasteiger partial charge in [0, 0.05) is 41.7 Å². The van der Waals surface area contributed by atoms with Crippen LogP contribution in [0.5, 0.6) is 0 Å². The van der Waals surface area contributed by atoms with Crippen LogP contribution >= 0.6 is 0 Å². The Kier molecular flexibility index (Phi) is 3.59. The number of aromatic amines is 2. The van der Waals surface area contributed by atoms with E-state index < -0.39 is 17.8 Å². The minimum atomic E-state index is -2.56. The minimum Gasteiger partial charge on any atom is -0.337 e. The quantitative estimate of drug-likeness (QED) is 0.609. The molecule has 2 aromatic heterocycles. The van der Waals surface area contributed by atoms with Gasteiger partial charge < -0.3 is 9.88 Å². The molecule has 8 heteroatoms. The van der Waals surface area contributed by atoms with Gasteiger partial charge in [-0.25, -0.2) is 13.8 Å². The summed E-state index contributed by atoms with van der Waals surface area (Å²) in [5.74, 6) is -2.69. The Morgan fingerprint density at radius 2 is 2.00 bits per heavy atom. The fourth-order valence-electron chi connectivity index (χ4n) is 6.69. The predicted molar refractivity (Wildman–Crippen MR) is 120 cm³/mol. The predicted octanol–water partition coefficient (Wildman–Crippen LogP) is 4.64. The molecule has 2 heterocycles. The maximum Gasteiger partial charge on any atom is 0.254 e. The fraction of sp³-hybridized carbons (Fsp3) is 0.560. The molecule has 0 aliphatic heterocycles. The van der Waals surface area contributed by atoms with Crippen LogP contribution in [0.4, 0.5) is 14.5 Å². The molecule has 3 aromatic rings. The fourth-order valence-corrected chi connectivity index (χ4v) is 6.69. The number of aromatic nitrogens is 4. The number of fused-ring (bicyclic) bond motifs is 4. The average Bonchev–Trinajstić information content (AvgIpc) is 3.26. The van der Waals surface area contributed by atoms with E-state index >= 15 is 0 Å². The van der Waals surface area contributed by atoms with E-state index in [2.05, 4.69) is 22.1 Å². The number of hydrogen-bond donors (Lipinski definition) is 2. The molecule has 1 aromatic carbocycles. The van der Waals surface area contributed by atoms with Crippen LogP contribution in [0.15, 0.2) is 12.1 Å². The van der Waals surface area contributed by atoms with E-state index in [4.69, 9.17) is 4.98 Å². The van der Waals surface area contributed by atoms with Crippen LogP contribution in [0.2, 0.25) is 0 Å². The number of anilines is 1. The van der Waals surface area contributed by atoms with Gasteiger partial charge in [0.2, 0.25) is 5.91 Å². The second kappa shape index (κ2) is 6.02. The first-order valence-corrected chi connectivity index (χ1v) is 11.9. The van der Waals surface area contributed by atoms with Gasteiger partial charge in [-0.2, -0.15) is 5.10 Å². The summed E-state index contributed by atoms with van der Waals surface area (Å²) >= 11 is 0. The molecule has 0 spiro atoms. The molecule has 7 rings (SSSR count). The zero-order valence-electron chi connectivity index (χ0n) is 19.0. The summed E-state index contributed by atoms with van der Waals surface area (Å²) in [5.41, 5.74) is 7.22. The van der Waals surface area contributed by atoms with Crippen molar-refractivity contribution >= 4 is 22.6 Å². The van der Waals surface area contributed by atoms with Crippen molar-refractivity contribution < 1.29 is 13.6 Å². The number of rotatable bonds is 3. The van der Waals surface area contributed by atoms with E-state index in [1.54, 1.807) is 11.9 Å². The first kappa shape index (κ1) is 19.7. The Hall–Kier alpha value is -2.77. The first-order valence-electron chi connectivity index (χ1n) is 11.9. The molecule has 0 bridgehead atoms. The lowest BCUT2D eigenvalue weighted by molar-refractivity contribution is -0.122. The number of aryl methyl sites for hydroxylation is 1. The van der Waals surface area contributed by atoms with Crippen LogP contribution in [0.1, 0.15) is 43.0 Å². The van der Waals surface area contributed by atoms with Crippen LogP contribution in [0.25, 0.3) is 22.6 Å². The molecule has 2 N–H and O–H groups in total. The number of H-pyrrole nitrogens is 2. The molecule has 3 saturated carbocycles. The molecule has 33 heavy (non-hydrogen) atoms. The summed E-state index contributed by atoms with van der Waals surface area (Å²) in [7, 11) is 1.74. The van der Waals surface area contributed by atoms with Gasteiger partial charge in [0.1, 0.15) is 5.69 Å². The lowest BCUT2D eigenvalue weighted by Crippen LogP contribution is -2.33. The summed E-state index contributed by atoms with van der Waals surface area (Å²) in [5, 5.41) is 7.82. The number of alkyl halides is 2. The molecule has 172 valence electrons. The Labute approximate surface area is 190 Å². The average molecular weight is 452 g/mol. The highest BCUT2D eigenvalue weighted by Gasteiger charge is 2.72. The summed E-state index contributed by atoms with van der Waals surface area (Å²) in [6, 6.07) is 3.92. The number of nitrogens with zero attached hydrogens (tertiary/aromatic N) is 3. The SMILES string of the molecule is Cc1cc2[nH]c(-c3n[nH]c4c3C[C@@H]3C[C@]3(C)C4)nc2cc1N(C)C(=O)C1C[C@@H]2[C@H](C1)C2(F)F. The van der Waals surface area contributed by atoms with Gasteiger partial charge in [-0.1, -0.05) is 6.92 Å². The number of imidazole rings is 1. The second-order valence-corrected chi connectivity index (χ2v) is 11.2. The molecule has 1 unspecified atom stereocenters. The maximum atomic E-state index is 13.6. The standard InChI is InChI=1S/C25H27F2N5O/c1-11-4-17-18(8-20(11)32(3)23(33)12-5-15-16(6-12)25(15,26)27)29-22(28-17)21-14-7-13-9-24(13,2)10-19(14)30-31-21/h4,8,12-13,15-16H,5-7,9-10H2,1-3H3,(H,28,29)(H,30,31)/t12?,13-,15-,16+,24-/m1/s1. The minimum absolute atomic E-state index is 0.0786. The Morgan fingerprint density at radius 1 is 1.24 bits per heavy atom.